The highest BCUT2D eigenvalue weighted by atomic mass is 32.2. The minimum absolute atomic E-state index is 0.213. The Balaban J connectivity index is 2.05. The molecule has 0 N–H and O–H groups in total. The van der Waals surface area contributed by atoms with Gasteiger partial charge >= 0.3 is 8.80 Å². The van der Waals surface area contributed by atoms with E-state index in [0.29, 0.717) is 19.8 Å². The van der Waals surface area contributed by atoms with Crippen LogP contribution in [0.2, 0.25) is 12.1 Å². The van der Waals surface area contributed by atoms with Crippen molar-refractivity contribution in [1.29, 1.82) is 0 Å². The maximum Gasteiger partial charge on any atom is 0.500 e. The molecular weight excluding hydrogens is 449 g/mol. The lowest BCUT2D eigenvalue weighted by Crippen LogP contribution is -2.46. The van der Waals surface area contributed by atoms with Crippen LogP contribution >= 0.6 is 23.5 Å². The molecule has 0 aromatic rings. The van der Waals surface area contributed by atoms with Crippen LogP contribution in [0.4, 0.5) is 0 Å². The molecule has 180 valence electrons. The lowest BCUT2D eigenvalue weighted by atomic mass is 9.87. The van der Waals surface area contributed by atoms with E-state index in [1.165, 1.54) is 61.8 Å². The van der Waals surface area contributed by atoms with Crippen LogP contribution in [-0.4, -0.2) is 67.5 Å². The molecule has 0 spiro atoms. The zero-order chi connectivity index (χ0) is 21.9. The van der Waals surface area contributed by atoms with Gasteiger partial charge in [-0.2, -0.15) is 23.5 Å². The molecule has 0 radical (unpaired) electrons. The summed E-state index contributed by atoms with van der Waals surface area (Å²) in [6, 6.07) is 2.31. The Kier molecular flexibility index (Phi) is 18.8. The van der Waals surface area contributed by atoms with Crippen molar-refractivity contribution >= 4 is 42.1 Å². The summed E-state index contributed by atoms with van der Waals surface area (Å²) in [4.78, 5) is 0. The zero-order valence-corrected chi connectivity index (χ0v) is 24.2. The van der Waals surface area contributed by atoms with Crippen molar-refractivity contribution in [2.45, 2.75) is 90.0 Å². The van der Waals surface area contributed by atoms with Gasteiger partial charge in [0.15, 0.2) is 9.76 Å². The molecule has 30 heavy (non-hydrogen) atoms. The number of thioether (sulfide) groups is 2. The molecule has 0 atom stereocenters. The van der Waals surface area contributed by atoms with Gasteiger partial charge in [-0.15, -0.1) is 0 Å². The van der Waals surface area contributed by atoms with Crippen molar-refractivity contribution in [3.05, 3.63) is 0 Å². The van der Waals surface area contributed by atoms with E-state index in [2.05, 4.69) is 30.4 Å². The van der Waals surface area contributed by atoms with Crippen molar-refractivity contribution < 1.29 is 17.7 Å². The second-order valence-corrected chi connectivity index (χ2v) is 14.8. The molecule has 1 aliphatic carbocycles. The predicted octanol–water partition coefficient (Wildman–Crippen LogP) is 5.77. The highest BCUT2D eigenvalue weighted by Crippen LogP contribution is 2.34. The van der Waals surface area contributed by atoms with Crippen LogP contribution in [0.25, 0.3) is 0 Å². The van der Waals surface area contributed by atoms with Gasteiger partial charge in [-0.1, -0.05) is 0 Å². The summed E-state index contributed by atoms with van der Waals surface area (Å²) in [5.41, 5.74) is 0. The molecule has 1 fully saturated rings. The van der Waals surface area contributed by atoms with Gasteiger partial charge < -0.3 is 17.7 Å². The van der Waals surface area contributed by atoms with E-state index < -0.39 is 8.80 Å². The van der Waals surface area contributed by atoms with E-state index in [1.54, 1.807) is 0 Å². The molecule has 1 aliphatic rings. The fraction of sp³-hybridized carbons (Fsp3) is 1.00. The Morgan fingerprint density at radius 2 is 1.47 bits per heavy atom. The predicted molar refractivity (Wildman–Crippen MR) is 140 cm³/mol. The highest BCUT2D eigenvalue weighted by molar-refractivity contribution is 7.99. The first-order valence-corrected chi connectivity index (χ1v) is 18.1. The van der Waals surface area contributed by atoms with E-state index in [-0.39, 0.29) is 9.76 Å². The van der Waals surface area contributed by atoms with Gasteiger partial charge in [-0.25, -0.2) is 0 Å². The Labute approximate surface area is 199 Å². The van der Waals surface area contributed by atoms with Gasteiger partial charge in [-0.3, -0.25) is 0 Å². The van der Waals surface area contributed by atoms with E-state index in [9.17, 15) is 0 Å². The number of hydrogen-bond acceptors (Lipinski definition) is 6. The van der Waals surface area contributed by atoms with Crippen LogP contribution in [-0.2, 0) is 17.7 Å². The summed E-state index contributed by atoms with van der Waals surface area (Å²) < 4.78 is 23.4. The van der Waals surface area contributed by atoms with Crippen molar-refractivity contribution in [3.8, 4) is 0 Å². The summed E-state index contributed by atoms with van der Waals surface area (Å²) in [6.07, 6.45) is 9.66. The van der Waals surface area contributed by atoms with Gasteiger partial charge in [-0.05, 0) is 102 Å². The lowest BCUT2D eigenvalue weighted by molar-refractivity contribution is 0.0712. The Morgan fingerprint density at radius 3 is 2.07 bits per heavy atom. The van der Waals surface area contributed by atoms with Crippen molar-refractivity contribution in [2.24, 2.45) is 5.92 Å². The molecule has 0 aromatic carbocycles. The molecule has 0 aromatic heterocycles. The quantitative estimate of drug-likeness (QED) is 0.157. The van der Waals surface area contributed by atoms with Crippen molar-refractivity contribution in [2.75, 3.05) is 43.7 Å². The smallest absolute Gasteiger partial charge is 0.424 e. The summed E-state index contributed by atoms with van der Waals surface area (Å²) in [7, 11) is -2.65. The fourth-order valence-electron chi connectivity index (χ4n) is 4.03. The van der Waals surface area contributed by atoms with Gasteiger partial charge in [0.2, 0.25) is 0 Å². The monoisotopic (exact) mass is 496 g/mol. The van der Waals surface area contributed by atoms with E-state index >= 15 is 0 Å². The van der Waals surface area contributed by atoms with Gasteiger partial charge in [0.25, 0.3) is 0 Å². The minimum atomic E-state index is -2.44. The van der Waals surface area contributed by atoms with Crippen LogP contribution in [0.3, 0.4) is 0 Å². The normalized spacial score (nSPS) is 20.4. The third-order valence-electron chi connectivity index (χ3n) is 5.57. The van der Waals surface area contributed by atoms with Crippen LogP contribution in [0.1, 0.15) is 72.6 Å². The minimum Gasteiger partial charge on any atom is -0.424 e. The first-order valence-electron chi connectivity index (χ1n) is 12.4. The fourth-order valence-corrected chi connectivity index (χ4v) is 10.6. The van der Waals surface area contributed by atoms with Crippen LogP contribution in [0.15, 0.2) is 0 Å². The van der Waals surface area contributed by atoms with Gasteiger partial charge in [0.05, 0.1) is 0 Å². The SMILES string of the molecule is CCO[SiH2]CCCSC1CCC(CCSCCC[Si](OCC)(OCC)OCC)CC1. The molecule has 0 unspecified atom stereocenters. The molecule has 8 heteroatoms. The summed E-state index contributed by atoms with van der Waals surface area (Å²) in [6.45, 7) is 11.2. The molecule has 0 amide bonds. The Hall–Kier alpha value is 0.974. The summed E-state index contributed by atoms with van der Waals surface area (Å²) in [5.74, 6) is 4.81. The summed E-state index contributed by atoms with van der Waals surface area (Å²) >= 11 is 4.34. The van der Waals surface area contributed by atoms with E-state index in [4.69, 9.17) is 17.7 Å². The molecule has 0 heterocycles. The molecule has 0 saturated heterocycles. The maximum absolute atomic E-state index is 5.95. The molecule has 4 nitrogen and oxygen atoms in total. The third kappa shape index (κ3) is 13.5. The second-order valence-electron chi connectivity index (χ2n) is 7.90. The Bertz CT molecular complexity index is 369. The number of rotatable bonds is 20. The lowest BCUT2D eigenvalue weighted by Gasteiger charge is -2.29. The first-order chi connectivity index (χ1) is 14.7. The average Bonchev–Trinajstić information content (AvgIpc) is 2.74. The zero-order valence-electron chi connectivity index (χ0n) is 20.1. The molecule has 0 bridgehead atoms. The average molecular weight is 497 g/mol. The van der Waals surface area contributed by atoms with E-state index in [1.807, 2.05) is 20.8 Å². The topological polar surface area (TPSA) is 36.9 Å². The maximum atomic E-state index is 5.95. The van der Waals surface area contributed by atoms with Gasteiger partial charge in [0.1, 0.15) is 0 Å². The van der Waals surface area contributed by atoms with Crippen LogP contribution < -0.4 is 0 Å². The van der Waals surface area contributed by atoms with Crippen LogP contribution in [0, 0.1) is 5.92 Å². The largest absolute Gasteiger partial charge is 0.500 e. The highest BCUT2D eigenvalue weighted by Gasteiger charge is 2.39. The molecule has 1 saturated carbocycles. The molecule has 0 aliphatic heterocycles. The Morgan fingerprint density at radius 1 is 0.800 bits per heavy atom. The van der Waals surface area contributed by atoms with E-state index in [0.717, 1.165) is 30.2 Å². The second kappa shape index (κ2) is 19.4. The van der Waals surface area contributed by atoms with Gasteiger partial charge in [0, 0.05) is 37.7 Å². The van der Waals surface area contributed by atoms with Crippen molar-refractivity contribution in [3.63, 3.8) is 0 Å². The third-order valence-corrected chi connectivity index (χ3v) is 12.8. The standard InChI is InChI=1S/C22H48O4S2Si2/c1-5-23-29-19-9-17-28-22-13-11-21(12-14-22)15-18-27-16-10-20-30(24-6-2,25-7-3)26-8-4/h21-22H,5-20,29H2,1-4H3. The molecule has 1 rings (SSSR count). The number of hydrogen-bond donors (Lipinski definition) is 0. The summed E-state index contributed by atoms with van der Waals surface area (Å²) in [5, 5.41) is 0.927. The van der Waals surface area contributed by atoms with Crippen LogP contribution in [0.5, 0.6) is 0 Å². The van der Waals surface area contributed by atoms with Crippen molar-refractivity contribution in [1.82, 2.24) is 0 Å². The first kappa shape index (κ1) is 29.0. The molecular formula is C22H48O4S2Si2.